The minimum Gasteiger partial charge on any atom is -0.383 e. The third kappa shape index (κ3) is 5.70. The van der Waals surface area contributed by atoms with E-state index >= 15 is 0 Å². The molecule has 1 aromatic rings. The van der Waals surface area contributed by atoms with Crippen molar-refractivity contribution in [1.82, 2.24) is 20.1 Å². The van der Waals surface area contributed by atoms with Gasteiger partial charge in [-0.05, 0) is 6.92 Å². The standard InChI is InChI=1S/C14H24N4O2S/c1-12-16-13(11-21-12)9-17-4-6-18(7-5-17)10-14(19)15-3-8-20-2/h11H,3-10H2,1-2H3,(H,15,19). The van der Waals surface area contributed by atoms with Crippen LogP contribution in [-0.2, 0) is 16.1 Å². The predicted octanol–water partition coefficient (Wildman–Crippen LogP) is 0.332. The summed E-state index contributed by atoms with van der Waals surface area (Å²) in [6.45, 7) is 8.41. The summed E-state index contributed by atoms with van der Waals surface area (Å²) in [5.41, 5.74) is 1.16. The second kappa shape index (κ2) is 8.43. The van der Waals surface area contributed by atoms with Gasteiger partial charge >= 0.3 is 0 Å². The van der Waals surface area contributed by atoms with E-state index in [0.29, 0.717) is 19.7 Å². The van der Waals surface area contributed by atoms with Crippen LogP contribution in [0.1, 0.15) is 10.7 Å². The van der Waals surface area contributed by atoms with E-state index in [2.05, 4.69) is 25.5 Å². The number of hydrogen-bond acceptors (Lipinski definition) is 6. The summed E-state index contributed by atoms with van der Waals surface area (Å²) in [7, 11) is 1.63. The van der Waals surface area contributed by atoms with Crippen molar-refractivity contribution in [2.45, 2.75) is 13.5 Å². The van der Waals surface area contributed by atoms with E-state index in [1.165, 1.54) is 0 Å². The quantitative estimate of drug-likeness (QED) is 0.736. The lowest BCUT2D eigenvalue weighted by Crippen LogP contribution is -2.49. The molecule has 0 unspecified atom stereocenters. The first kappa shape index (κ1) is 16.4. The van der Waals surface area contributed by atoms with Crippen LogP contribution in [0.3, 0.4) is 0 Å². The van der Waals surface area contributed by atoms with Crippen LogP contribution in [0.5, 0.6) is 0 Å². The van der Waals surface area contributed by atoms with Crippen LogP contribution in [0.4, 0.5) is 0 Å². The van der Waals surface area contributed by atoms with Crippen molar-refractivity contribution in [2.24, 2.45) is 0 Å². The third-order valence-corrected chi connectivity index (χ3v) is 4.33. The van der Waals surface area contributed by atoms with Gasteiger partial charge < -0.3 is 10.1 Å². The lowest BCUT2D eigenvalue weighted by atomic mass is 10.3. The molecule has 1 saturated heterocycles. The van der Waals surface area contributed by atoms with Gasteiger partial charge in [-0.1, -0.05) is 0 Å². The zero-order valence-electron chi connectivity index (χ0n) is 12.8. The number of amides is 1. The maximum Gasteiger partial charge on any atom is 0.234 e. The summed E-state index contributed by atoms with van der Waals surface area (Å²) < 4.78 is 4.91. The van der Waals surface area contributed by atoms with Crippen LogP contribution in [0, 0.1) is 6.92 Å². The molecule has 1 aliphatic rings. The fourth-order valence-corrected chi connectivity index (χ4v) is 2.97. The number of carbonyl (C=O) groups excluding carboxylic acids is 1. The van der Waals surface area contributed by atoms with E-state index in [4.69, 9.17) is 4.74 Å². The summed E-state index contributed by atoms with van der Waals surface area (Å²) in [5.74, 6) is 0.0793. The number of nitrogens with one attached hydrogen (secondary N) is 1. The SMILES string of the molecule is COCCNC(=O)CN1CCN(Cc2csc(C)n2)CC1. The number of hydrogen-bond donors (Lipinski definition) is 1. The van der Waals surface area contributed by atoms with E-state index < -0.39 is 0 Å². The highest BCUT2D eigenvalue weighted by molar-refractivity contribution is 7.09. The van der Waals surface area contributed by atoms with Gasteiger partial charge in [0, 0.05) is 51.8 Å². The van der Waals surface area contributed by atoms with Crippen molar-refractivity contribution in [3.05, 3.63) is 16.1 Å². The molecule has 0 aromatic carbocycles. The van der Waals surface area contributed by atoms with E-state index in [-0.39, 0.29) is 5.91 Å². The topological polar surface area (TPSA) is 57.7 Å². The van der Waals surface area contributed by atoms with Crippen LogP contribution >= 0.6 is 11.3 Å². The van der Waals surface area contributed by atoms with Crippen LogP contribution in [0.15, 0.2) is 5.38 Å². The Kier molecular flexibility index (Phi) is 6.56. The van der Waals surface area contributed by atoms with Gasteiger partial charge in [-0.25, -0.2) is 4.98 Å². The number of aromatic nitrogens is 1. The molecule has 2 heterocycles. The van der Waals surface area contributed by atoms with Gasteiger partial charge in [0.25, 0.3) is 0 Å². The molecule has 0 aliphatic carbocycles. The molecule has 1 aromatic heterocycles. The van der Waals surface area contributed by atoms with Gasteiger partial charge in [-0.15, -0.1) is 11.3 Å². The molecular weight excluding hydrogens is 288 g/mol. The highest BCUT2D eigenvalue weighted by Gasteiger charge is 2.19. The van der Waals surface area contributed by atoms with Crippen molar-refractivity contribution in [1.29, 1.82) is 0 Å². The smallest absolute Gasteiger partial charge is 0.234 e. The molecule has 1 fully saturated rings. The minimum atomic E-state index is 0.0793. The van der Waals surface area contributed by atoms with Gasteiger partial charge in [-0.3, -0.25) is 14.6 Å². The Labute approximate surface area is 130 Å². The Morgan fingerprint density at radius 2 is 2.10 bits per heavy atom. The molecule has 118 valence electrons. The molecule has 6 nitrogen and oxygen atoms in total. The molecule has 1 amide bonds. The highest BCUT2D eigenvalue weighted by atomic mass is 32.1. The Bertz CT molecular complexity index is 444. The van der Waals surface area contributed by atoms with Crippen molar-refractivity contribution >= 4 is 17.2 Å². The molecule has 0 saturated carbocycles. The Hall–Kier alpha value is -1.02. The number of thiazole rings is 1. The monoisotopic (exact) mass is 312 g/mol. The molecule has 1 N–H and O–H groups in total. The second-order valence-corrected chi connectivity index (χ2v) is 6.32. The maximum absolute atomic E-state index is 11.7. The van der Waals surface area contributed by atoms with Crippen molar-refractivity contribution < 1.29 is 9.53 Å². The Balaban J connectivity index is 1.65. The molecule has 2 rings (SSSR count). The summed E-state index contributed by atoms with van der Waals surface area (Å²) in [4.78, 5) is 20.8. The normalized spacial score (nSPS) is 17.0. The Morgan fingerprint density at radius 1 is 1.38 bits per heavy atom. The number of rotatable bonds is 7. The lowest BCUT2D eigenvalue weighted by molar-refractivity contribution is -0.122. The largest absolute Gasteiger partial charge is 0.383 e. The molecule has 7 heteroatoms. The zero-order valence-corrected chi connectivity index (χ0v) is 13.6. The van der Waals surface area contributed by atoms with Gasteiger partial charge in [0.1, 0.15) is 0 Å². The van der Waals surface area contributed by atoms with Crippen molar-refractivity contribution in [3.8, 4) is 0 Å². The third-order valence-electron chi connectivity index (χ3n) is 3.51. The number of ether oxygens (including phenoxy) is 1. The molecular formula is C14H24N4O2S. The summed E-state index contributed by atoms with van der Waals surface area (Å²) in [6, 6.07) is 0. The van der Waals surface area contributed by atoms with Gasteiger partial charge in [0.15, 0.2) is 0 Å². The zero-order chi connectivity index (χ0) is 15.1. The molecule has 21 heavy (non-hydrogen) atoms. The van der Waals surface area contributed by atoms with E-state index in [1.54, 1.807) is 18.4 Å². The Morgan fingerprint density at radius 3 is 2.71 bits per heavy atom. The van der Waals surface area contributed by atoms with Crippen LogP contribution in [0.2, 0.25) is 0 Å². The summed E-state index contributed by atoms with van der Waals surface area (Å²) in [5, 5.41) is 6.11. The first-order valence-electron chi connectivity index (χ1n) is 7.28. The average Bonchev–Trinajstić information content (AvgIpc) is 2.87. The molecule has 0 radical (unpaired) electrons. The van der Waals surface area contributed by atoms with E-state index in [0.717, 1.165) is 43.4 Å². The first-order chi connectivity index (χ1) is 10.2. The van der Waals surface area contributed by atoms with Crippen molar-refractivity contribution in [2.75, 3.05) is 53.0 Å². The van der Waals surface area contributed by atoms with Crippen LogP contribution in [0.25, 0.3) is 0 Å². The molecule has 0 spiro atoms. The second-order valence-electron chi connectivity index (χ2n) is 5.25. The number of carbonyl (C=O) groups is 1. The van der Waals surface area contributed by atoms with Gasteiger partial charge in [0.2, 0.25) is 5.91 Å². The highest BCUT2D eigenvalue weighted by Crippen LogP contribution is 2.12. The lowest BCUT2D eigenvalue weighted by Gasteiger charge is -2.33. The molecule has 0 atom stereocenters. The van der Waals surface area contributed by atoms with E-state index in [9.17, 15) is 4.79 Å². The predicted molar refractivity (Wildman–Crippen MR) is 83.5 cm³/mol. The summed E-state index contributed by atoms with van der Waals surface area (Å²) in [6.07, 6.45) is 0. The minimum absolute atomic E-state index is 0.0793. The van der Waals surface area contributed by atoms with Crippen molar-refractivity contribution in [3.63, 3.8) is 0 Å². The first-order valence-corrected chi connectivity index (χ1v) is 8.16. The summed E-state index contributed by atoms with van der Waals surface area (Å²) >= 11 is 1.70. The number of aryl methyl sites for hydroxylation is 1. The number of piperazine rings is 1. The number of methoxy groups -OCH3 is 1. The number of nitrogens with zero attached hydrogens (tertiary/aromatic N) is 3. The van der Waals surface area contributed by atoms with Gasteiger partial charge in [-0.2, -0.15) is 0 Å². The van der Waals surface area contributed by atoms with E-state index in [1.807, 2.05) is 6.92 Å². The van der Waals surface area contributed by atoms with Crippen LogP contribution in [-0.4, -0.2) is 73.7 Å². The van der Waals surface area contributed by atoms with Crippen LogP contribution < -0.4 is 5.32 Å². The molecule has 0 bridgehead atoms. The fraction of sp³-hybridized carbons (Fsp3) is 0.714. The molecule has 1 aliphatic heterocycles. The average molecular weight is 312 g/mol. The van der Waals surface area contributed by atoms with Gasteiger partial charge in [0.05, 0.1) is 23.9 Å². The maximum atomic E-state index is 11.7. The fourth-order valence-electron chi connectivity index (χ4n) is 2.37.